The molecule has 1 heterocycles. The zero-order chi connectivity index (χ0) is 12.6. The zero-order valence-electron chi connectivity index (χ0n) is 9.83. The van der Waals surface area contributed by atoms with Crippen molar-refractivity contribution in [2.45, 2.75) is 31.8 Å². The first kappa shape index (κ1) is 11.6. The van der Waals surface area contributed by atoms with Gasteiger partial charge in [0.05, 0.1) is 18.2 Å². The number of imidazole rings is 1. The lowest BCUT2D eigenvalue weighted by Crippen LogP contribution is -2.35. The molecule has 92 valence electrons. The summed E-state index contributed by atoms with van der Waals surface area (Å²) in [4.78, 5) is 27.8. The summed E-state index contributed by atoms with van der Waals surface area (Å²) < 4.78 is 1.86. The molecule has 1 aliphatic rings. The standard InChI is InChI=1S/C11H15N3O3/c1-7(15)13(2)10(11(16)17)9-5-12-6-14(9)8-3-4-8/h5-6,8,10H,3-4H2,1-2H3,(H,16,17). The van der Waals surface area contributed by atoms with Gasteiger partial charge in [-0.25, -0.2) is 9.78 Å². The van der Waals surface area contributed by atoms with Crippen molar-refractivity contribution >= 4 is 11.9 Å². The summed E-state index contributed by atoms with van der Waals surface area (Å²) in [6.45, 7) is 1.35. The highest BCUT2D eigenvalue weighted by Gasteiger charge is 2.33. The summed E-state index contributed by atoms with van der Waals surface area (Å²) in [5.41, 5.74) is 0.567. The Hall–Kier alpha value is -1.85. The van der Waals surface area contributed by atoms with Crippen molar-refractivity contribution in [2.75, 3.05) is 7.05 Å². The molecule has 1 aromatic rings. The number of hydrogen-bond acceptors (Lipinski definition) is 3. The number of likely N-dealkylation sites (N-methyl/N-ethyl adjacent to an activating group) is 1. The zero-order valence-corrected chi connectivity index (χ0v) is 9.83. The molecular weight excluding hydrogens is 222 g/mol. The first-order valence-electron chi connectivity index (χ1n) is 5.50. The first-order chi connectivity index (χ1) is 8.02. The minimum Gasteiger partial charge on any atom is -0.479 e. The van der Waals surface area contributed by atoms with Crippen LogP contribution in [0.4, 0.5) is 0 Å². The fourth-order valence-corrected chi connectivity index (χ4v) is 1.86. The molecule has 2 rings (SSSR count). The van der Waals surface area contributed by atoms with E-state index in [1.165, 1.54) is 25.1 Å². The van der Waals surface area contributed by atoms with Crippen molar-refractivity contribution in [3.8, 4) is 0 Å². The summed E-state index contributed by atoms with van der Waals surface area (Å²) in [6, 6.07) is -0.620. The number of carbonyl (C=O) groups is 2. The van der Waals surface area contributed by atoms with Gasteiger partial charge in [0.2, 0.25) is 5.91 Å². The van der Waals surface area contributed by atoms with Crippen LogP contribution in [-0.2, 0) is 9.59 Å². The number of aliphatic carboxylic acids is 1. The van der Waals surface area contributed by atoms with Crippen LogP contribution in [0.3, 0.4) is 0 Å². The smallest absolute Gasteiger partial charge is 0.332 e. The molecule has 1 saturated carbocycles. The quantitative estimate of drug-likeness (QED) is 0.841. The Labute approximate surface area is 98.9 Å². The number of aromatic nitrogens is 2. The van der Waals surface area contributed by atoms with Crippen molar-refractivity contribution < 1.29 is 14.7 Å². The van der Waals surface area contributed by atoms with Crippen LogP contribution in [-0.4, -0.2) is 38.5 Å². The van der Waals surface area contributed by atoms with Gasteiger partial charge in [-0.2, -0.15) is 0 Å². The third kappa shape index (κ3) is 2.15. The Morgan fingerprint density at radius 2 is 2.24 bits per heavy atom. The monoisotopic (exact) mass is 237 g/mol. The van der Waals surface area contributed by atoms with E-state index < -0.39 is 12.0 Å². The maximum absolute atomic E-state index is 11.3. The number of rotatable bonds is 4. The highest BCUT2D eigenvalue weighted by Crippen LogP contribution is 2.37. The van der Waals surface area contributed by atoms with Gasteiger partial charge in [-0.05, 0) is 12.8 Å². The minimum atomic E-state index is -1.04. The average molecular weight is 237 g/mol. The molecule has 1 aliphatic carbocycles. The predicted molar refractivity (Wildman–Crippen MR) is 59.3 cm³/mol. The van der Waals surface area contributed by atoms with Crippen molar-refractivity contribution in [3.63, 3.8) is 0 Å². The van der Waals surface area contributed by atoms with E-state index in [0.717, 1.165) is 12.8 Å². The van der Waals surface area contributed by atoms with Crippen LogP contribution in [0.1, 0.15) is 37.5 Å². The number of carbonyl (C=O) groups excluding carboxylic acids is 1. The first-order valence-corrected chi connectivity index (χ1v) is 5.50. The predicted octanol–water partition coefficient (Wildman–Crippen LogP) is 0.822. The van der Waals surface area contributed by atoms with Crippen LogP contribution in [0, 0.1) is 0 Å². The molecule has 1 amide bonds. The molecule has 1 aromatic heterocycles. The van der Waals surface area contributed by atoms with Crippen molar-refractivity contribution in [2.24, 2.45) is 0 Å². The van der Waals surface area contributed by atoms with Gasteiger partial charge in [0.1, 0.15) is 0 Å². The lowest BCUT2D eigenvalue weighted by atomic mass is 10.2. The topological polar surface area (TPSA) is 75.4 Å². The molecule has 17 heavy (non-hydrogen) atoms. The van der Waals surface area contributed by atoms with Crippen LogP contribution in [0.5, 0.6) is 0 Å². The van der Waals surface area contributed by atoms with Gasteiger partial charge in [0.15, 0.2) is 6.04 Å². The maximum Gasteiger partial charge on any atom is 0.332 e. The molecule has 6 heteroatoms. The van der Waals surface area contributed by atoms with Crippen molar-refractivity contribution in [3.05, 3.63) is 18.2 Å². The molecule has 6 nitrogen and oxygen atoms in total. The van der Waals surface area contributed by atoms with Gasteiger partial charge >= 0.3 is 5.97 Å². The Bertz CT molecular complexity index is 451. The van der Waals surface area contributed by atoms with Crippen LogP contribution >= 0.6 is 0 Å². The minimum absolute atomic E-state index is 0.277. The van der Waals surface area contributed by atoms with Crippen LogP contribution in [0.2, 0.25) is 0 Å². The van der Waals surface area contributed by atoms with Gasteiger partial charge < -0.3 is 14.6 Å². The van der Waals surface area contributed by atoms with Crippen LogP contribution < -0.4 is 0 Å². The van der Waals surface area contributed by atoms with Crippen molar-refractivity contribution in [1.29, 1.82) is 0 Å². The highest BCUT2D eigenvalue weighted by molar-refractivity contribution is 5.82. The van der Waals surface area contributed by atoms with E-state index in [2.05, 4.69) is 4.98 Å². The second kappa shape index (κ2) is 4.20. The molecule has 0 bridgehead atoms. The molecule has 1 unspecified atom stereocenters. The summed E-state index contributed by atoms with van der Waals surface area (Å²) in [6.07, 6.45) is 5.24. The number of hydrogen-bond donors (Lipinski definition) is 1. The SMILES string of the molecule is CC(=O)N(C)C(C(=O)O)c1cncn1C1CC1. The fraction of sp³-hybridized carbons (Fsp3) is 0.545. The Balaban J connectivity index is 2.35. The number of carboxylic acids is 1. The summed E-state index contributed by atoms with van der Waals surface area (Å²) in [5, 5.41) is 9.26. The third-order valence-corrected chi connectivity index (χ3v) is 3.03. The molecule has 1 fully saturated rings. The molecule has 1 atom stereocenters. The number of nitrogens with zero attached hydrogens (tertiary/aromatic N) is 3. The maximum atomic E-state index is 11.3. The van der Waals surface area contributed by atoms with E-state index in [0.29, 0.717) is 11.7 Å². The van der Waals surface area contributed by atoms with E-state index in [-0.39, 0.29) is 5.91 Å². The van der Waals surface area contributed by atoms with Gasteiger partial charge in [-0.15, -0.1) is 0 Å². The highest BCUT2D eigenvalue weighted by atomic mass is 16.4. The molecule has 0 saturated heterocycles. The number of carboxylic acid groups (broad SMARTS) is 1. The molecule has 0 radical (unpaired) electrons. The van der Waals surface area contributed by atoms with Gasteiger partial charge in [-0.3, -0.25) is 4.79 Å². The van der Waals surface area contributed by atoms with Gasteiger partial charge in [0, 0.05) is 20.0 Å². The van der Waals surface area contributed by atoms with E-state index in [4.69, 9.17) is 0 Å². The molecule has 0 spiro atoms. The van der Waals surface area contributed by atoms with E-state index in [1.807, 2.05) is 4.57 Å². The lowest BCUT2D eigenvalue weighted by molar-refractivity contribution is -0.148. The molecule has 1 N–H and O–H groups in total. The van der Waals surface area contributed by atoms with E-state index in [9.17, 15) is 14.7 Å². The molecular formula is C11H15N3O3. The molecule has 0 aliphatic heterocycles. The lowest BCUT2D eigenvalue weighted by Gasteiger charge is -2.24. The second-order valence-electron chi connectivity index (χ2n) is 4.33. The average Bonchev–Trinajstić information content (AvgIpc) is 2.99. The van der Waals surface area contributed by atoms with Crippen LogP contribution in [0.25, 0.3) is 0 Å². The molecule has 0 aromatic carbocycles. The summed E-state index contributed by atoms with van der Waals surface area (Å²) in [5.74, 6) is -1.31. The third-order valence-electron chi connectivity index (χ3n) is 3.03. The number of amides is 1. The second-order valence-corrected chi connectivity index (χ2v) is 4.33. The van der Waals surface area contributed by atoms with Gasteiger partial charge in [-0.1, -0.05) is 0 Å². The Morgan fingerprint density at radius 3 is 2.71 bits per heavy atom. The fourth-order valence-electron chi connectivity index (χ4n) is 1.86. The van der Waals surface area contributed by atoms with E-state index in [1.54, 1.807) is 6.33 Å². The van der Waals surface area contributed by atoms with Crippen LogP contribution in [0.15, 0.2) is 12.5 Å². The van der Waals surface area contributed by atoms with Gasteiger partial charge in [0.25, 0.3) is 0 Å². The Kier molecular flexibility index (Phi) is 2.87. The Morgan fingerprint density at radius 1 is 1.59 bits per heavy atom. The van der Waals surface area contributed by atoms with Crippen molar-refractivity contribution in [1.82, 2.24) is 14.5 Å². The largest absolute Gasteiger partial charge is 0.479 e. The normalized spacial score (nSPS) is 16.6. The summed E-state index contributed by atoms with van der Waals surface area (Å²) in [7, 11) is 1.49. The van der Waals surface area contributed by atoms with E-state index >= 15 is 0 Å². The summed E-state index contributed by atoms with van der Waals surface area (Å²) >= 11 is 0.